The summed E-state index contributed by atoms with van der Waals surface area (Å²) in [5.41, 5.74) is 0.745. The van der Waals surface area contributed by atoms with Crippen LogP contribution in [0.25, 0.3) is 0 Å². The summed E-state index contributed by atoms with van der Waals surface area (Å²) in [4.78, 5) is 22.5. The molecule has 1 aromatic carbocycles. The molecule has 0 aliphatic heterocycles. The maximum Gasteiger partial charge on any atom is 0.326 e. The third kappa shape index (κ3) is 6.01. The fourth-order valence-electron chi connectivity index (χ4n) is 1.52. The molecule has 1 unspecified atom stereocenters. The normalized spacial score (nSPS) is 12.7. The Morgan fingerprint density at radius 3 is 2.32 bits per heavy atom. The third-order valence-corrected chi connectivity index (χ3v) is 3.10. The zero-order chi connectivity index (χ0) is 14.5. The number of rotatable bonds is 6. The molecule has 2 N–H and O–H groups in total. The van der Waals surface area contributed by atoms with Crippen molar-refractivity contribution >= 4 is 21.7 Å². The maximum atomic E-state index is 11.4. The average Bonchev–Trinajstić information content (AvgIpc) is 2.26. The predicted molar refractivity (Wildman–Crippen MR) is 69.4 cm³/mol. The lowest BCUT2D eigenvalue weighted by atomic mass is 10.1. The summed E-state index contributed by atoms with van der Waals surface area (Å²) >= 11 is 0. The van der Waals surface area contributed by atoms with E-state index < -0.39 is 33.5 Å². The molecule has 1 atom stereocenters. The van der Waals surface area contributed by atoms with Crippen molar-refractivity contribution in [1.29, 1.82) is 0 Å². The van der Waals surface area contributed by atoms with Crippen LogP contribution in [0.1, 0.15) is 5.56 Å². The number of carboxylic acids is 1. The standard InChI is InChI=1S/C12H15NO5S/c1-19(17,18)8-11(14)13-10(12(15)16)7-9-5-3-2-4-6-9/h2-6,10H,7-8H2,1H3,(H,13,14)(H,15,16). The number of sulfone groups is 1. The molecule has 0 aliphatic rings. The van der Waals surface area contributed by atoms with Crippen LogP contribution < -0.4 is 5.32 Å². The number of benzene rings is 1. The van der Waals surface area contributed by atoms with Crippen molar-refractivity contribution < 1.29 is 23.1 Å². The van der Waals surface area contributed by atoms with Crippen LogP contribution in [0.15, 0.2) is 30.3 Å². The number of carboxylic acid groups (broad SMARTS) is 1. The van der Waals surface area contributed by atoms with E-state index in [9.17, 15) is 18.0 Å². The second-order valence-corrected chi connectivity index (χ2v) is 6.36. The van der Waals surface area contributed by atoms with Crippen LogP contribution >= 0.6 is 0 Å². The maximum absolute atomic E-state index is 11.4. The molecule has 0 saturated carbocycles. The Labute approximate surface area is 111 Å². The predicted octanol–water partition coefficient (Wildman–Crippen LogP) is -0.157. The van der Waals surface area contributed by atoms with Gasteiger partial charge in [0.05, 0.1) is 0 Å². The highest BCUT2D eigenvalue weighted by Crippen LogP contribution is 2.03. The van der Waals surface area contributed by atoms with Crippen molar-refractivity contribution in [1.82, 2.24) is 5.32 Å². The second-order valence-electron chi connectivity index (χ2n) is 4.22. The average molecular weight is 285 g/mol. The minimum absolute atomic E-state index is 0.103. The number of amides is 1. The minimum atomic E-state index is -3.47. The van der Waals surface area contributed by atoms with Gasteiger partial charge in [-0.2, -0.15) is 0 Å². The largest absolute Gasteiger partial charge is 0.480 e. The van der Waals surface area contributed by atoms with Gasteiger partial charge in [0.25, 0.3) is 0 Å². The molecule has 1 amide bonds. The van der Waals surface area contributed by atoms with Crippen LogP contribution in [0.2, 0.25) is 0 Å². The summed E-state index contributed by atoms with van der Waals surface area (Å²) in [5, 5.41) is 11.2. The summed E-state index contributed by atoms with van der Waals surface area (Å²) in [6.45, 7) is 0. The molecule has 0 spiro atoms. The molecule has 0 aliphatic carbocycles. The van der Waals surface area contributed by atoms with Crippen LogP contribution in [0.5, 0.6) is 0 Å². The summed E-state index contributed by atoms with van der Waals surface area (Å²) in [7, 11) is -3.47. The molecule has 0 radical (unpaired) electrons. The summed E-state index contributed by atoms with van der Waals surface area (Å²) in [6, 6.07) is 7.63. The SMILES string of the molecule is CS(=O)(=O)CC(=O)NC(Cc1ccccc1)C(=O)O. The molecule has 6 nitrogen and oxygen atoms in total. The van der Waals surface area contributed by atoms with Crippen molar-refractivity contribution in [2.75, 3.05) is 12.0 Å². The van der Waals surface area contributed by atoms with Crippen LogP contribution in [0, 0.1) is 0 Å². The molecule has 0 saturated heterocycles. The smallest absolute Gasteiger partial charge is 0.326 e. The van der Waals surface area contributed by atoms with Crippen molar-refractivity contribution in [3.05, 3.63) is 35.9 Å². The lowest BCUT2D eigenvalue weighted by molar-refractivity contribution is -0.141. The Morgan fingerprint density at radius 1 is 1.26 bits per heavy atom. The fraction of sp³-hybridized carbons (Fsp3) is 0.333. The van der Waals surface area contributed by atoms with Gasteiger partial charge in [0.1, 0.15) is 11.8 Å². The Kier molecular flexibility index (Phi) is 5.05. The van der Waals surface area contributed by atoms with Gasteiger partial charge < -0.3 is 10.4 Å². The van der Waals surface area contributed by atoms with Crippen molar-refractivity contribution in [3.8, 4) is 0 Å². The minimum Gasteiger partial charge on any atom is -0.480 e. The first-order chi connectivity index (χ1) is 8.78. The first-order valence-electron chi connectivity index (χ1n) is 5.52. The van der Waals surface area contributed by atoms with Crippen molar-refractivity contribution in [3.63, 3.8) is 0 Å². The highest BCUT2D eigenvalue weighted by atomic mass is 32.2. The van der Waals surface area contributed by atoms with E-state index in [-0.39, 0.29) is 6.42 Å². The van der Waals surface area contributed by atoms with E-state index in [2.05, 4.69) is 5.32 Å². The highest BCUT2D eigenvalue weighted by molar-refractivity contribution is 7.91. The molecular weight excluding hydrogens is 270 g/mol. The first-order valence-corrected chi connectivity index (χ1v) is 7.58. The van der Waals surface area contributed by atoms with Gasteiger partial charge in [-0.1, -0.05) is 30.3 Å². The Hall–Kier alpha value is -1.89. The number of hydrogen-bond donors (Lipinski definition) is 2. The van der Waals surface area contributed by atoms with Gasteiger partial charge in [0.2, 0.25) is 5.91 Å². The summed E-state index contributed by atoms with van der Waals surface area (Å²) in [6.07, 6.45) is 1.02. The van der Waals surface area contributed by atoms with Gasteiger partial charge in [0.15, 0.2) is 9.84 Å². The highest BCUT2D eigenvalue weighted by Gasteiger charge is 2.22. The van der Waals surface area contributed by atoms with Gasteiger partial charge in [0, 0.05) is 12.7 Å². The zero-order valence-corrected chi connectivity index (χ0v) is 11.2. The van der Waals surface area contributed by atoms with E-state index in [1.165, 1.54) is 0 Å². The molecule has 19 heavy (non-hydrogen) atoms. The topological polar surface area (TPSA) is 101 Å². The van der Waals surface area contributed by atoms with E-state index in [4.69, 9.17) is 5.11 Å². The Bertz CT molecular complexity index is 553. The van der Waals surface area contributed by atoms with Gasteiger partial charge in [-0.25, -0.2) is 13.2 Å². The molecule has 104 valence electrons. The van der Waals surface area contributed by atoms with Gasteiger partial charge in [-0.3, -0.25) is 4.79 Å². The van der Waals surface area contributed by atoms with Gasteiger partial charge in [-0.05, 0) is 5.56 Å². The molecule has 0 bridgehead atoms. The van der Waals surface area contributed by atoms with Crippen molar-refractivity contribution in [2.24, 2.45) is 0 Å². The molecule has 0 heterocycles. The van der Waals surface area contributed by atoms with Crippen LogP contribution in [0.4, 0.5) is 0 Å². The molecule has 1 aromatic rings. The van der Waals surface area contributed by atoms with Crippen LogP contribution in [0.3, 0.4) is 0 Å². The molecular formula is C12H15NO5S. The van der Waals surface area contributed by atoms with Crippen LogP contribution in [-0.2, 0) is 25.8 Å². The van der Waals surface area contributed by atoms with E-state index in [0.717, 1.165) is 11.8 Å². The number of hydrogen-bond acceptors (Lipinski definition) is 4. The van der Waals surface area contributed by atoms with Crippen molar-refractivity contribution in [2.45, 2.75) is 12.5 Å². The van der Waals surface area contributed by atoms with Gasteiger partial charge >= 0.3 is 5.97 Å². The monoisotopic (exact) mass is 285 g/mol. The quantitative estimate of drug-likeness (QED) is 0.756. The summed E-state index contributed by atoms with van der Waals surface area (Å²) < 4.78 is 21.9. The lowest BCUT2D eigenvalue weighted by Gasteiger charge is -2.14. The van der Waals surface area contributed by atoms with Gasteiger partial charge in [-0.15, -0.1) is 0 Å². The van der Waals surface area contributed by atoms with E-state index in [1.54, 1.807) is 30.3 Å². The third-order valence-electron chi connectivity index (χ3n) is 2.31. The lowest BCUT2D eigenvalue weighted by Crippen LogP contribution is -2.44. The van der Waals surface area contributed by atoms with E-state index in [0.29, 0.717) is 0 Å². The number of carbonyl (C=O) groups is 2. The number of aliphatic carboxylic acids is 1. The Balaban J connectivity index is 2.69. The van der Waals surface area contributed by atoms with E-state index in [1.807, 2.05) is 0 Å². The molecule has 1 rings (SSSR count). The number of carbonyl (C=O) groups excluding carboxylic acids is 1. The second kappa shape index (κ2) is 6.33. The Morgan fingerprint density at radius 2 is 1.84 bits per heavy atom. The van der Waals surface area contributed by atoms with Crippen LogP contribution in [-0.4, -0.2) is 43.5 Å². The molecule has 0 aromatic heterocycles. The zero-order valence-electron chi connectivity index (χ0n) is 10.4. The molecule has 7 heteroatoms. The van der Waals surface area contributed by atoms with E-state index >= 15 is 0 Å². The fourth-order valence-corrected chi connectivity index (χ4v) is 2.08. The summed E-state index contributed by atoms with van der Waals surface area (Å²) in [5.74, 6) is -2.73. The molecule has 0 fully saturated rings. The number of nitrogens with one attached hydrogen (secondary N) is 1. The first kappa shape index (κ1) is 15.2.